The van der Waals surface area contributed by atoms with Crippen molar-refractivity contribution in [1.82, 2.24) is 10.6 Å². The Bertz CT molecular complexity index is 256. The van der Waals surface area contributed by atoms with Crippen LogP contribution >= 0.6 is 0 Å². The third kappa shape index (κ3) is 9.05. The number of carbonyl (C=O) groups excluding carboxylic acids is 2. The number of ether oxygens (including phenoxy) is 1. The SMILES string of the molecule is C=CCCNC(=O)CNC(=O)OC(C)(C)C. The van der Waals surface area contributed by atoms with Gasteiger partial charge in [0.05, 0.1) is 6.54 Å². The van der Waals surface area contributed by atoms with Crippen molar-refractivity contribution in [3.8, 4) is 0 Å². The summed E-state index contributed by atoms with van der Waals surface area (Å²) in [6.45, 7) is 9.26. The zero-order valence-electron chi connectivity index (χ0n) is 10.1. The summed E-state index contributed by atoms with van der Waals surface area (Å²) in [6, 6.07) is 0. The molecule has 0 saturated carbocycles. The van der Waals surface area contributed by atoms with Gasteiger partial charge in [0.25, 0.3) is 0 Å². The third-order valence-electron chi connectivity index (χ3n) is 1.46. The van der Waals surface area contributed by atoms with Crippen LogP contribution in [0.1, 0.15) is 27.2 Å². The molecule has 0 radical (unpaired) electrons. The maximum absolute atomic E-state index is 11.2. The Labute approximate surface area is 96.2 Å². The molecule has 0 aromatic rings. The summed E-state index contributed by atoms with van der Waals surface area (Å²) >= 11 is 0. The number of nitrogens with one attached hydrogen (secondary N) is 2. The van der Waals surface area contributed by atoms with Gasteiger partial charge in [-0.05, 0) is 27.2 Å². The molecule has 0 aliphatic carbocycles. The number of hydrogen-bond donors (Lipinski definition) is 2. The number of carbonyl (C=O) groups is 2. The molecule has 0 aliphatic heterocycles. The molecule has 0 rings (SSSR count). The van der Waals surface area contributed by atoms with Gasteiger partial charge in [-0.3, -0.25) is 4.79 Å². The fourth-order valence-electron chi connectivity index (χ4n) is 0.843. The topological polar surface area (TPSA) is 67.4 Å². The van der Waals surface area contributed by atoms with Crippen LogP contribution in [0.4, 0.5) is 4.79 Å². The van der Waals surface area contributed by atoms with Crippen LogP contribution in [0.15, 0.2) is 12.7 Å². The molecule has 5 heteroatoms. The zero-order valence-corrected chi connectivity index (χ0v) is 10.1. The van der Waals surface area contributed by atoms with Gasteiger partial charge in [-0.15, -0.1) is 6.58 Å². The van der Waals surface area contributed by atoms with Crippen LogP contribution in [-0.4, -0.2) is 30.7 Å². The number of hydrogen-bond acceptors (Lipinski definition) is 3. The summed E-state index contributed by atoms with van der Waals surface area (Å²) in [4.78, 5) is 22.3. The lowest BCUT2D eigenvalue weighted by molar-refractivity contribution is -0.120. The molecule has 16 heavy (non-hydrogen) atoms. The van der Waals surface area contributed by atoms with E-state index >= 15 is 0 Å². The van der Waals surface area contributed by atoms with Crippen LogP contribution in [0.3, 0.4) is 0 Å². The van der Waals surface area contributed by atoms with Gasteiger partial charge < -0.3 is 15.4 Å². The summed E-state index contributed by atoms with van der Waals surface area (Å²) in [6.07, 6.45) is 1.83. The lowest BCUT2D eigenvalue weighted by Gasteiger charge is -2.19. The Morgan fingerprint density at radius 3 is 2.44 bits per heavy atom. The Hall–Kier alpha value is -1.52. The minimum Gasteiger partial charge on any atom is -0.444 e. The first-order chi connectivity index (χ1) is 7.35. The van der Waals surface area contributed by atoms with Crippen LogP contribution in [0.5, 0.6) is 0 Å². The highest BCUT2D eigenvalue weighted by Gasteiger charge is 2.16. The second-order valence-corrected chi connectivity index (χ2v) is 4.28. The smallest absolute Gasteiger partial charge is 0.408 e. The maximum Gasteiger partial charge on any atom is 0.408 e. The van der Waals surface area contributed by atoms with E-state index in [1.165, 1.54) is 0 Å². The summed E-state index contributed by atoms with van der Waals surface area (Å²) < 4.78 is 4.97. The standard InChI is InChI=1S/C11H20N2O3/c1-5-6-7-12-9(14)8-13-10(15)16-11(2,3)4/h5H,1,6-8H2,2-4H3,(H,12,14)(H,13,15). The van der Waals surface area contributed by atoms with Crippen LogP contribution in [0.2, 0.25) is 0 Å². The first kappa shape index (κ1) is 14.5. The van der Waals surface area contributed by atoms with Gasteiger partial charge >= 0.3 is 6.09 Å². The first-order valence-electron chi connectivity index (χ1n) is 5.19. The minimum absolute atomic E-state index is 0.0773. The molecule has 0 unspecified atom stereocenters. The molecule has 5 nitrogen and oxygen atoms in total. The monoisotopic (exact) mass is 228 g/mol. The highest BCUT2D eigenvalue weighted by Crippen LogP contribution is 2.05. The summed E-state index contributed by atoms with van der Waals surface area (Å²) in [5.41, 5.74) is -0.552. The van der Waals surface area contributed by atoms with Crippen molar-refractivity contribution < 1.29 is 14.3 Å². The average molecular weight is 228 g/mol. The molecular formula is C11H20N2O3. The second-order valence-electron chi connectivity index (χ2n) is 4.28. The molecule has 92 valence electrons. The molecular weight excluding hydrogens is 208 g/mol. The maximum atomic E-state index is 11.2. The van der Waals surface area contributed by atoms with Crippen molar-refractivity contribution in [2.24, 2.45) is 0 Å². The Morgan fingerprint density at radius 2 is 1.94 bits per heavy atom. The zero-order chi connectivity index (χ0) is 12.6. The highest BCUT2D eigenvalue weighted by molar-refractivity contribution is 5.82. The van der Waals surface area contributed by atoms with Crippen LogP contribution in [0, 0.1) is 0 Å². The predicted octanol–water partition coefficient (Wildman–Crippen LogP) is 1.20. The normalized spacial score (nSPS) is 10.4. The molecule has 0 aliphatic rings. The largest absolute Gasteiger partial charge is 0.444 e. The Morgan fingerprint density at radius 1 is 1.31 bits per heavy atom. The molecule has 0 aromatic carbocycles. The van der Waals surface area contributed by atoms with Crippen molar-refractivity contribution in [3.05, 3.63) is 12.7 Å². The number of amides is 2. The van der Waals surface area contributed by atoms with Crippen molar-refractivity contribution >= 4 is 12.0 Å². The van der Waals surface area contributed by atoms with E-state index in [2.05, 4.69) is 17.2 Å². The highest BCUT2D eigenvalue weighted by atomic mass is 16.6. The lowest BCUT2D eigenvalue weighted by Crippen LogP contribution is -2.39. The van der Waals surface area contributed by atoms with Crippen LogP contribution in [-0.2, 0) is 9.53 Å². The van der Waals surface area contributed by atoms with Crippen molar-refractivity contribution in [1.29, 1.82) is 0 Å². The fourth-order valence-corrected chi connectivity index (χ4v) is 0.843. The minimum atomic E-state index is -0.591. The van der Waals surface area contributed by atoms with E-state index in [1.807, 2.05) is 0 Å². The molecule has 0 spiro atoms. The van der Waals surface area contributed by atoms with E-state index < -0.39 is 11.7 Å². The molecule has 0 fully saturated rings. The molecule has 0 bridgehead atoms. The molecule has 0 aromatic heterocycles. The summed E-state index contributed by atoms with van der Waals surface area (Å²) in [5, 5.41) is 4.99. The Balaban J connectivity index is 3.67. The summed E-state index contributed by atoms with van der Waals surface area (Å²) in [5.74, 6) is -0.243. The average Bonchev–Trinajstić information content (AvgIpc) is 2.12. The van der Waals surface area contributed by atoms with E-state index in [0.29, 0.717) is 13.0 Å². The molecule has 0 atom stereocenters. The van der Waals surface area contributed by atoms with Crippen LogP contribution < -0.4 is 10.6 Å². The van der Waals surface area contributed by atoms with Crippen molar-refractivity contribution in [2.45, 2.75) is 32.8 Å². The van der Waals surface area contributed by atoms with Gasteiger partial charge in [-0.1, -0.05) is 6.08 Å². The first-order valence-corrected chi connectivity index (χ1v) is 5.19. The number of alkyl carbamates (subject to hydrolysis) is 1. The van der Waals surface area contributed by atoms with E-state index in [9.17, 15) is 9.59 Å². The predicted molar refractivity (Wildman–Crippen MR) is 62.1 cm³/mol. The van der Waals surface area contributed by atoms with Crippen molar-refractivity contribution in [2.75, 3.05) is 13.1 Å². The second kappa shape index (κ2) is 6.87. The third-order valence-corrected chi connectivity index (χ3v) is 1.46. The molecule has 2 N–H and O–H groups in total. The van der Waals surface area contributed by atoms with Gasteiger partial charge in [-0.25, -0.2) is 4.79 Å². The van der Waals surface area contributed by atoms with Gasteiger partial charge in [0.15, 0.2) is 0 Å². The van der Waals surface area contributed by atoms with Gasteiger partial charge in [0.2, 0.25) is 5.91 Å². The van der Waals surface area contributed by atoms with E-state index in [1.54, 1.807) is 26.8 Å². The van der Waals surface area contributed by atoms with E-state index in [-0.39, 0.29) is 12.5 Å². The molecule has 0 heterocycles. The summed E-state index contributed by atoms with van der Waals surface area (Å²) in [7, 11) is 0. The fraction of sp³-hybridized carbons (Fsp3) is 0.636. The molecule has 2 amide bonds. The quantitative estimate of drug-likeness (QED) is 0.549. The van der Waals surface area contributed by atoms with Gasteiger partial charge in [0, 0.05) is 6.54 Å². The Kier molecular flexibility index (Phi) is 6.22. The number of rotatable bonds is 5. The van der Waals surface area contributed by atoms with E-state index in [0.717, 1.165) is 0 Å². The van der Waals surface area contributed by atoms with Gasteiger partial charge in [0.1, 0.15) is 5.60 Å². The van der Waals surface area contributed by atoms with Crippen LogP contribution in [0.25, 0.3) is 0 Å². The molecule has 0 saturated heterocycles. The van der Waals surface area contributed by atoms with Crippen molar-refractivity contribution in [3.63, 3.8) is 0 Å². The van der Waals surface area contributed by atoms with E-state index in [4.69, 9.17) is 4.74 Å². The van der Waals surface area contributed by atoms with Gasteiger partial charge in [-0.2, -0.15) is 0 Å². The lowest BCUT2D eigenvalue weighted by atomic mass is 10.2.